The summed E-state index contributed by atoms with van der Waals surface area (Å²) in [6.45, 7) is 5.45. The van der Waals surface area contributed by atoms with Crippen molar-refractivity contribution >= 4 is 31.1 Å². The molecule has 3 heterocycles. The molecule has 1 aliphatic heterocycles. The molecule has 1 saturated heterocycles. The maximum atomic E-state index is 14.1. The van der Waals surface area contributed by atoms with Crippen molar-refractivity contribution in [3.05, 3.63) is 42.7 Å². The zero-order valence-corrected chi connectivity index (χ0v) is 34.9. The number of anilines is 1. The molecule has 0 saturated carbocycles. The van der Waals surface area contributed by atoms with Crippen molar-refractivity contribution in [2.24, 2.45) is 0 Å². The van der Waals surface area contributed by atoms with E-state index in [9.17, 15) is 18.9 Å². The molecular formula is C42H63FN6O7P+. The van der Waals surface area contributed by atoms with Crippen LogP contribution in [0, 0.1) is 18.4 Å². The van der Waals surface area contributed by atoms with E-state index in [0.29, 0.717) is 5.75 Å². The topological polar surface area (TPSA) is 164 Å². The van der Waals surface area contributed by atoms with Gasteiger partial charge in [-0.05, 0) is 49.3 Å². The van der Waals surface area contributed by atoms with Gasteiger partial charge in [0.2, 0.25) is 0 Å². The molecule has 15 heteroatoms. The molecule has 0 spiro atoms. The largest absolute Gasteiger partial charge is 0.653 e. The number of unbranched alkanes of at least 4 members (excludes halogenated alkanes) is 14. The van der Waals surface area contributed by atoms with Crippen molar-refractivity contribution < 1.29 is 37.7 Å². The van der Waals surface area contributed by atoms with Crippen molar-refractivity contribution in [3.8, 4) is 18.1 Å². The number of hydroxylamine groups is 1. The molecule has 0 bridgehead atoms. The third-order valence-electron chi connectivity index (χ3n) is 10.5. The number of nitrogens with two attached hydrogens (primary N) is 1. The lowest BCUT2D eigenvalue weighted by molar-refractivity contribution is -0.161. The van der Waals surface area contributed by atoms with Crippen LogP contribution >= 0.6 is 8.18 Å². The smallest absolute Gasteiger partial charge is 0.461 e. The van der Waals surface area contributed by atoms with Gasteiger partial charge in [-0.1, -0.05) is 128 Å². The number of nitrogens with zero attached hydrogens (tertiary/aromatic N) is 5. The molecule has 1 unspecified atom stereocenters. The SMILES string of the molecule is C#C[C@]1(CO[P+](=O)N(Oc2ccccc2)[C@@H](C)C(=O)OC(CCCCCCCCCC)CCCCCCCCCC)O[C@@H](n2cnc3c(N)nc(F)nc32)C[C@@H]1O. The summed E-state index contributed by atoms with van der Waals surface area (Å²) in [5.74, 6) is 2.03. The number of esters is 1. The Morgan fingerprint density at radius 3 is 2.18 bits per heavy atom. The molecule has 3 N–H and O–H groups in total. The second-order valence-electron chi connectivity index (χ2n) is 15.0. The average Bonchev–Trinajstić information content (AvgIpc) is 3.78. The van der Waals surface area contributed by atoms with E-state index in [1.165, 1.54) is 75.1 Å². The summed E-state index contributed by atoms with van der Waals surface area (Å²) in [6, 6.07) is 7.47. The lowest BCUT2D eigenvalue weighted by Crippen LogP contribution is -2.43. The first kappa shape index (κ1) is 46.0. The number of hydrogen-bond donors (Lipinski definition) is 2. The van der Waals surface area contributed by atoms with Crippen LogP contribution in [0.5, 0.6) is 5.75 Å². The minimum atomic E-state index is -2.91. The first-order chi connectivity index (χ1) is 27.6. The number of terminal acetylenes is 1. The van der Waals surface area contributed by atoms with Gasteiger partial charge in [-0.3, -0.25) is 9.36 Å². The van der Waals surface area contributed by atoms with Crippen molar-refractivity contribution in [1.29, 1.82) is 0 Å². The second kappa shape index (κ2) is 24.3. The number of aliphatic hydroxyl groups excluding tert-OH is 1. The van der Waals surface area contributed by atoms with Crippen molar-refractivity contribution in [2.75, 3.05) is 12.3 Å². The number of halogens is 1. The minimum absolute atomic E-state index is 0.0482. The minimum Gasteiger partial charge on any atom is -0.461 e. The van der Waals surface area contributed by atoms with E-state index in [1.807, 2.05) is 0 Å². The summed E-state index contributed by atoms with van der Waals surface area (Å²) in [4.78, 5) is 32.3. The second-order valence-corrected chi connectivity index (χ2v) is 16.2. The van der Waals surface area contributed by atoms with E-state index < -0.39 is 50.8 Å². The number of aromatic nitrogens is 4. The Balaban J connectivity index is 1.41. The molecule has 4 rings (SSSR count). The molecule has 2 aromatic heterocycles. The monoisotopic (exact) mass is 813 g/mol. The molecule has 1 aromatic carbocycles. The molecule has 0 aliphatic carbocycles. The van der Waals surface area contributed by atoms with E-state index in [4.69, 9.17) is 31.0 Å². The summed E-state index contributed by atoms with van der Waals surface area (Å²) < 4.78 is 47.5. The summed E-state index contributed by atoms with van der Waals surface area (Å²) in [5.41, 5.74) is 4.25. The summed E-state index contributed by atoms with van der Waals surface area (Å²) >= 11 is 0. The first-order valence-electron chi connectivity index (χ1n) is 20.9. The van der Waals surface area contributed by atoms with Gasteiger partial charge in [0.15, 0.2) is 34.4 Å². The number of benzene rings is 1. The highest BCUT2D eigenvalue weighted by Crippen LogP contribution is 2.41. The van der Waals surface area contributed by atoms with Gasteiger partial charge in [0.1, 0.15) is 29.9 Å². The number of fused-ring (bicyclic) bond motifs is 1. The summed E-state index contributed by atoms with van der Waals surface area (Å²) in [5, 5.41) is 11.2. The average molecular weight is 814 g/mol. The lowest BCUT2D eigenvalue weighted by atomic mass is 9.99. The highest BCUT2D eigenvalue weighted by atomic mass is 31.1. The van der Waals surface area contributed by atoms with Crippen LogP contribution in [0.3, 0.4) is 0 Å². The van der Waals surface area contributed by atoms with Gasteiger partial charge in [-0.25, -0.2) is 4.98 Å². The highest BCUT2D eigenvalue weighted by Gasteiger charge is 2.52. The predicted octanol–water partition coefficient (Wildman–Crippen LogP) is 9.53. The molecular weight excluding hydrogens is 750 g/mol. The molecule has 0 amide bonds. The van der Waals surface area contributed by atoms with Crippen LogP contribution in [0.15, 0.2) is 36.7 Å². The van der Waals surface area contributed by atoms with E-state index in [1.54, 1.807) is 37.3 Å². The van der Waals surface area contributed by atoms with Crippen LogP contribution in [0.2, 0.25) is 0 Å². The molecule has 0 radical (unpaired) electrons. The Kier molecular flexibility index (Phi) is 19.6. The van der Waals surface area contributed by atoms with Gasteiger partial charge in [-0.15, -0.1) is 10.9 Å². The van der Waals surface area contributed by atoms with Crippen LogP contribution in [0.4, 0.5) is 10.2 Å². The van der Waals surface area contributed by atoms with Crippen LogP contribution in [-0.2, 0) is 23.4 Å². The fraction of sp³-hybridized carbons (Fsp3) is 0.667. The number of ether oxygens (including phenoxy) is 2. The number of rotatable bonds is 28. The van der Waals surface area contributed by atoms with Crippen molar-refractivity contribution in [1.82, 2.24) is 24.4 Å². The molecule has 13 nitrogen and oxygen atoms in total. The number of carbonyl (C=O) groups is 1. The highest BCUT2D eigenvalue weighted by molar-refractivity contribution is 7.36. The molecule has 1 fully saturated rings. The third-order valence-corrected chi connectivity index (χ3v) is 11.6. The zero-order valence-electron chi connectivity index (χ0n) is 34.0. The van der Waals surface area contributed by atoms with Gasteiger partial charge in [-0.2, -0.15) is 14.4 Å². The Labute approximate surface area is 338 Å². The fourth-order valence-corrected chi connectivity index (χ4v) is 7.98. The Bertz CT molecular complexity index is 1690. The molecule has 5 atom stereocenters. The van der Waals surface area contributed by atoms with Gasteiger partial charge in [0, 0.05) is 6.42 Å². The molecule has 57 heavy (non-hydrogen) atoms. The third kappa shape index (κ3) is 14.0. The number of hydrogen-bond acceptors (Lipinski definition) is 11. The van der Waals surface area contributed by atoms with E-state index in [-0.39, 0.29) is 29.5 Å². The molecule has 3 aromatic rings. The zero-order chi connectivity index (χ0) is 41.0. The summed E-state index contributed by atoms with van der Waals surface area (Å²) in [6.07, 6.45) is 24.0. The predicted molar refractivity (Wildman–Crippen MR) is 218 cm³/mol. The van der Waals surface area contributed by atoms with Crippen LogP contribution in [0.1, 0.15) is 149 Å². The van der Waals surface area contributed by atoms with E-state index in [2.05, 4.69) is 34.7 Å². The van der Waals surface area contributed by atoms with Crippen molar-refractivity contribution in [2.45, 2.75) is 173 Å². The Morgan fingerprint density at radius 1 is 1.02 bits per heavy atom. The van der Waals surface area contributed by atoms with Gasteiger partial charge >= 0.3 is 20.2 Å². The van der Waals surface area contributed by atoms with Gasteiger partial charge < -0.3 is 25.2 Å². The number of nitrogen functional groups attached to an aromatic ring is 1. The standard InChI is InChI=1S/C42H63FN6O7P/c1-5-8-10-12-14-16-18-21-25-33(26-22-19-17-15-13-11-9-6-2)54-40(51)32(4)49(56-34-27-23-20-24-28-34)57(52)53-30-42(7-3)35(50)29-36(55-42)48-31-45-37-38(44)46-41(43)47-39(37)48/h3,20,23-24,27-28,31-33,35-36,50H,5-6,8-19,21-22,25-26,29-30H2,1-2,4H3,(H2,44,46,47)/q+1/t32-,35-,36+,42+/m0/s1. The number of imidazole rings is 1. The van der Waals surface area contributed by atoms with Gasteiger partial charge in [0.25, 0.3) is 0 Å². The van der Waals surface area contributed by atoms with E-state index in [0.717, 1.165) is 56.2 Å². The summed E-state index contributed by atoms with van der Waals surface area (Å²) in [7, 11) is -2.91. The van der Waals surface area contributed by atoms with E-state index >= 15 is 0 Å². The van der Waals surface area contributed by atoms with Gasteiger partial charge in [0.05, 0.1) is 6.33 Å². The normalized spacial score (nSPS) is 18.9. The Hall–Kier alpha value is -3.73. The fourth-order valence-electron chi connectivity index (χ4n) is 7.02. The first-order valence-corrected chi connectivity index (χ1v) is 22.1. The number of para-hydroxylation sites is 1. The molecule has 314 valence electrons. The quantitative estimate of drug-likeness (QED) is 0.0178. The maximum Gasteiger partial charge on any atom is 0.653 e. The maximum absolute atomic E-state index is 14.1. The number of aliphatic hydroxyl groups is 1. The van der Waals surface area contributed by atoms with Crippen LogP contribution in [-0.4, -0.2) is 65.9 Å². The van der Waals surface area contributed by atoms with Crippen LogP contribution < -0.4 is 10.6 Å². The Morgan fingerprint density at radius 2 is 1.60 bits per heavy atom. The lowest BCUT2D eigenvalue weighted by Gasteiger charge is -2.25. The number of carbonyl (C=O) groups excluding carboxylic acids is 1. The van der Waals surface area contributed by atoms with Crippen molar-refractivity contribution in [3.63, 3.8) is 0 Å². The van der Waals surface area contributed by atoms with Crippen LogP contribution in [0.25, 0.3) is 11.2 Å². The molecule has 1 aliphatic rings.